The summed E-state index contributed by atoms with van der Waals surface area (Å²) >= 11 is 0. The molecule has 3 N–H and O–H groups in total. The van der Waals surface area contributed by atoms with Crippen LogP contribution in [0, 0.1) is 0 Å². The van der Waals surface area contributed by atoms with E-state index in [0.29, 0.717) is 6.61 Å². The van der Waals surface area contributed by atoms with Gasteiger partial charge >= 0.3 is 0 Å². The zero-order chi connectivity index (χ0) is 20.5. The third-order valence-corrected chi connectivity index (χ3v) is 5.50. The van der Waals surface area contributed by atoms with Crippen LogP contribution in [-0.2, 0) is 9.47 Å². The number of hydrogen-bond donors (Lipinski definition) is 3. The van der Waals surface area contributed by atoms with E-state index in [1.54, 1.807) is 0 Å². The Morgan fingerprint density at radius 2 is 1.39 bits per heavy atom. The van der Waals surface area contributed by atoms with Crippen LogP contribution in [0.2, 0.25) is 0 Å². The number of aliphatic hydroxyl groups is 3. The molecule has 1 aliphatic heterocycles. The van der Waals surface area contributed by atoms with Crippen LogP contribution in [0.3, 0.4) is 0 Å². The summed E-state index contributed by atoms with van der Waals surface area (Å²) in [6, 6.07) is 0. The van der Waals surface area contributed by atoms with Crippen LogP contribution >= 0.6 is 0 Å². The van der Waals surface area contributed by atoms with Crippen LogP contribution in [0.25, 0.3) is 0 Å². The van der Waals surface area contributed by atoms with Gasteiger partial charge in [0.2, 0.25) is 0 Å². The molecule has 0 aliphatic carbocycles. The Morgan fingerprint density at radius 3 is 2.00 bits per heavy atom. The van der Waals surface area contributed by atoms with Gasteiger partial charge in [-0.25, -0.2) is 0 Å². The van der Waals surface area contributed by atoms with Crippen molar-refractivity contribution in [1.82, 2.24) is 0 Å². The van der Waals surface area contributed by atoms with Crippen molar-refractivity contribution in [3.63, 3.8) is 0 Å². The molecule has 166 valence electrons. The van der Waals surface area contributed by atoms with E-state index >= 15 is 0 Å². The van der Waals surface area contributed by atoms with Crippen molar-refractivity contribution in [2.24, 2.45) is 0 Å². The molecule has 4 atom stereocenters. The van der Waals surface area contributed by atoms with Crippen molar-refractivity contribution in [3.8, 4) is 0 Å². The molecule has 0 saturated carbocycles. The standard InChI is InChI=1S/C23H44O5/c1-2-3-4-5-6-7-8-9-10-11-12-13-14-15-16-17-27-21-19-28-20(18-24)22(25)23(21)26/h8-9,20-26H,2-7,10-19H2,1H3/b9-8+/t20-,21+,22-,23-/m1/s1. The van der Waals surface area contributed by atoms with E-state index in [9.17, 15) is 10.2 Å². The molecule has 5 nitrogen and oxygen atoms in total. The van der Waals surface area contributed by atoms with E-state index in [2.05, 4.69) is 19.1 Å². The van der Waals surface area contributed by atoms with Gasteiger partial charge in [-0.05, 0) is 32.1 Å². The van der Waals surface area contributed by atoms with Crippen molar-refractivity contribution < 1.29 is 24.8 Å². The lowest BCUT2D eigenvalue weighted by atomic mass is 10.0. The molecular weight excluding hydrogens is 356 g/mol. The number of hydrogen-bond acceptors (Lipinski definition) is 5. The molecule has 0 unspecified atom stereocenters. The minimum Gasteiger partial charge on any atom is -0.394 e. The summed E-state index contributed by atoms with van der Waals surface area (Å²) in [6.45, 7) is 2.75. The summed E-state index contributed by atoms with van der Waals surface area (Å²) in [5.41, 5.74) is 0. The van der Waals surface area contributed by atoms with E-state index in [1.807, 2.05) is 0 Å². The van der Waals surface area contributed by atoms with Crippen LogP contribution in [0.5, 0.6) is 0 Å². The van der Waals surface area contributed by atoms with E-state index in [-0.39, 0.29) is 13.2 Å². The van der Waals surface area contributed by atoms with Gasteiger partial charge in [-0.15, -0.1) is 0 Å². The Bertz CT molecular complexity index is 374. The molecule has 1 aliphatic rings. The van der Waals surface area contributed by atoms with E-state index < -0.39 is 24.4 Å². The summed E-state index contributed by atoms with van der Waals surface area (Å²) in [7, 11) is 0. The van der Waals surface area contributed by atoms with Gasteiger partial charge in [0.05, 0.1) is 13.2 Å². The zero-order valence-electron chi connectivity index (χ0n) is 17.9. The van der Waals surface area contributed by atoms with Crippen molar-refractivity contribution in [3.05, 3.63) is 12.2 Å². The first-order valence-electron chi connectivity index (χ1n) is 11.6. The highest BCUT2D eigenvalue weighted by atomic mass is 16.6. The normalized spacial score (nSPS) is 25.6. The molecule has 0 spiro atoms. The smallest absolute Gasteiger partial charge is 0.111 e. The molecule has 0 aromatic rings. The molecule has 1 saturated heterocycles. The Kier molecular flexibility index (Phi) is 15.9. The van der Waals surface area contributed by atoms with Gasteiger partial charge < -0.3 is 24.8 Å². The summed E-state index contributed by atoms with van der Waals surface area (Å²) in [5, 5.41) is 28.9. The summed E-state index contributed by atoms with van der Waals surface area (Å²) < 4.78 is 11.0. The lowest BCUT2D eigenvalue weighted by Crippen LogP contribution is -2.55. The molecule has 28 heavy (non-hydrogen) atoms. The maximum Gasteiger partial charge on any atom is 0.111 e. The Hall–Kier alpha value is -0.460. The van der Waals surface area contributed by atoms with Crippen molar-refractivity contribution in [2.75, 3.05) is 19.8 Å². The summed E-state index contributed by atoms with van der Waals surface area (Å²) in [5.74, 6) is 0. The highest BCUT2D eigenvalue weighted by molar-refractivity contribution is 4.87. The average molecular weight is 401 g/mol. The maximum atomic E-state index is 9.99. The molecule has 1 rings (SSSR count). The van der Waals surface area contributed by atoms with Gasteiger partial charge in [-0.2, -0.15) is 0 Å². The fraction of sp³-hybridized carbons (Fsp3) is 0.913. The zero-order valence-corrected chi connectivity index (χ0v) is 17.9. The van der Waals surface area contributed by atoms with Crippen LogP contribution in [-0.4, -0.2) is 59.6 Å². The lowest BCUT2D eigenvalue weighted by molar-refractivity contribution is -0.208. The third-order valence-electron chi connectivity index (χ3n) is 5.50. The predicted molar refractivity (Wildman–Crippen MR) is 113 cm³/mol. The average Bonchev–Trinajstić information content (AvgIpc) is 2.70. The number of allylic oxidation sites excluding steroid dienone is 2. The first-order chi connectivity index (χ1) is 13.7. The molecule has 0 aromatic heterocycles. The van der Waals surface area contributed by atoms with E-state index in [0.717, 1.165) is 12.8 Å². The highest BCUT2D eigenvalue weighted by Crippen LogP contribution is 2.18. The maximum absolute atomic E-state index is 9.99. The molecular formula is C23H44O5. The Labute approximate surface area is 172 Å². The highest BCUT2D eigenvalue weighted by Gasteiger charge is 2.38. The van der Waals surface area contributed by atoms with Crippen molar-refractivity contribution >= 4 is 0 Å². The monoisotopic (exact) mass is 400 g/mol. The minimum absolute atomic E-state index is 0.218. The first-order valence-corrected chi connectivity index (χ1v) is 11.6. The Morgan fingerprint density at radius 1 is 0.821 bits per heavy atom. The molecule has 0 aromatic carbocycles. The van der Waals surface area contributed by atoms with Gasteiger partial charge in [-0.1, -0.05) is 70.4 Å². The minimum atomic E-state index is -1.08. The third kappa shape index (κ3) is 11.5. The number of aliphatic hydroxyl groups excluding tert-OH is 3. The van der Waals surface area contributed by atoms with Gasteiger partial charge in [0.1, 0.15) is 24.4 Å². The summed E-state index contributed by atoms with van der Waals surface area (Å²) in [4.78, 5) is 0. The largest absolute Gasteiger partial charge is 0.394 e. The van der Waals surface area contributed by atoms with E-state index in [4.69, 9.17) is 14.6 Å². The second-order valence-corrected chi connectivity index (χ2v) is 8.03. The van der Waals surface area contributed by atoms with Crippen molar-refractivity contribution in [1.29, 1.82) is 0 Å². The van der Waals surface area contributed by atoms with E-state index in [1.165, 1.54) is 70.6 Å². The molecule has 0 bridgehead atoms. The molecule has 0 amide bonds. The number of ether oxygens (including phenoxy) is 2. The molecule has 1 heterocycles. The number of unbranched alkanes of at least 4 members (excludes halogenated alkanes) is 11. The quantitative estimate of drug-likeness (QED) is 0.253. The molecule has 1 fully saturated rings. The fourth-order valence-electron chi connectivity index (χ4n) is 3.57. The fourth-order valence-corrected chi connectivity index (χ4v) is 3.57. The van der Waals surface area contributed by atoms with Gasteiger partial charge in [0.15, 0.2) is 0 Å². The SMILES string of the molecule is CCCCCCC/C=C/CCCCCCCCO[C@H]1CO[C@H](CO)[C@@H](O)[C@@H]1O. The predicted octanol–water partition coefficient (Wildman–Crippen LogP) is 4.13. The molecule has 5 heteroatoms. The van der Waals surface area contributed by atoms with Crippen LogP contribution in [0.4, 0.5) is 0 Å². The van der Waals surface area contributed by atoms with Crippen LogP contribution < -0.4 is 0 Å². The topological polar surface area (TPSA) is 79.2 Å². The second kappa shape index (κ2) is 17.4. The van der Waals surface area contributed by atoms with Crippen LogP contribution in [0.1, 0.15) is 90.4 Å². The summed E-state index contributed by atoms with van der Waals surface area (Å²) in [6.07, 6.45) is 17.8. The van der Waals surface area contributed by atoms with Gasteiger partial charge in [-0.3, -0.25) is 0 Å². The van der Waals surface area contributed by atoms with Crippen molar-refractivity contribution in [2.45, 2.75) is 115 Å². The second-order valence-electron chi connectivity index (χ2n) is 8.03. The van der Waals surface area contributed by atoms with Gasteiger partial charge in [0, 0.05) is 6.61 Å². The molecule has 0 radical (unpaired) electrons. The van der Waals surface area contributed by atoms with Crippen LogP contribution in [0.15, 0.2) is 12.2 Å². The van der Waals surface area contributed by atoms with Gasteiger partial charge in [0.25, 0.3) is 0 Å². The lowest BCUT2D eigenvalue weighted by Gasteiger charge is -2.36. The first kappa shape index (κ1) is 25.6. The number of rotatable bonds is 17. The Balaban J connectivity index is 1.86.